The van der Waals surface area contributed by atoms with Gasteiger partial charge in [0.25, 0.3) is 5.91 Å². The fraction of sp³-hybridized carbons (Fsp3) is 0.361. The molecule has 0 spiro atoms. The molecule has 11 heteroatoms. The summed E-state index contributed by atoms with van der Waals surface area (Å²) < 4.78 is 41.1. The first-order valence-electron chi connectivity index (χ1n) is 15.9. The van der Waals surface area contributed by atoms with E-state index in [1.54, 1.807) is 26.8 Å². The zero-order chi connectivity index (χ0) is 32.9. The van der Waals surface area contributed by atoms with Gasteiger partial charge in [-0.2, -0.15) is 0 Å². The van der Waals surface area contributed by atoms with Gasteiger partial charge in [-0.25, -0.2) is 8.78 Å². The molecular weight excluding hydrogens is 606 g/mol. The first kappa shape index (κ1) is 30.7. The fourth-order valence-corrected chi connectivity index (χ4v) is 7.07. The Balaban J connectivity index is 1.15. The van der Waals surface area contributed by atoms with Crippen LogP contribution in [0.5, 0.6) is 11.5 Å². The van der Waals surface area contributed by atoms with Crippen LogP contribution in [0.2, 0.25) is 0 Å². The Labute approximate surface area is 271 Å². The van der Waals surface area contributed by atoms with Gasteiger partial charge in [0.15, 0.2) is 17.3 Å². The van der Waals surface area contributed by atoms with Gasteiger partial charge in [-0.15, -0.1) is 0 Å². The summed E-state index contributed by atoms with van der Waals surface area (Å²) in [6.07, 6.45) is 0.0359. The van der Waals surface area contributed by atoms with E-state index in [9.17, 15) is 23.2 Å². The minimum absolute atomic E-state index is 0.104. The van der Waals surface area contributed by atoms with Gasteiger partial charge in [0.05, 0.1) is 24.0 Å². The van der Waals surface area contributed by atoms with Crippen LogP contribution in [0.3, 0.4) is 0 Å². The third-order valence-electron chi connectivity index (χ3n) is 9.24. The largest absolute Gasteiger partial charge is 0.485 e. The molecule has 3 aromatic carbocycles. The molecule has 0 bridgehead atoms. The molecular formula is C36H36F2N4O5. The first-order valence-corrected chi connectivity index (χ1v) is 15.9. The predicted octanol–water partition coefficient (Wildman–Crippen LogP) is 5.09. The van der Waals surface area contributed by atoms with Crippen molar-refractivity contribution in [2.75, 3.05) is 49.5 Å². The number of carbonyl (C=O) groups excluding carboxylic acids is 3. The number of rotatable bonds is 4. The lowest BCUT2D eigenvalue weighted by molar-refractivity contribution is -0.145. The van der Waals surface area contributed by atoms with Gasteiger partial charge in [0, 0.05) is 49.9 Å². The molecule has 3 aromatic rings. The Morgan fingerprint density at radius 2 is 1.55 bits per heavy atom. The van der Waals surface area contributed by atoms with Crippen molar-refractivity contribution in [1.29, 1.82) is 0 Å². The number of halogens is 2. The van der Waals surface area contributed by atoms with Crippen molar-refractivity contribution in [3.63, 3.8) is 0 Å². The highest BCUT2D eigenvalue weighted by Crippen LogP contribution is 2.48. The highest BCUT2D eigenvalue weighted by Gasteiger charge is 2.43. The molecule has 3 aliphatic heterocycles. The number of anilines is 2. The lowest BCUT2D eigenvalue weighted by atomic mass is 9.73. The van der Waals surface area contributed by atoms with Gasteiger partial charge in [-0.05, 0) is 53.8 Å². The van der Waals surface area contributed by atoms with Crippen LogP contribution in [0, 0.1) is 17.0 Å². The molecule has 2 amide bonds. The number of benzene rings is 3. The lowest BCUT2D eigenvalue weighted by Gasteiger charge is -2.40. The number of amides is 2. The third-order valence-corrected chi connectivity index (χ3v) is 9.24. The molecule has 0 radical (unpaired) electrons. The Bertz CT molecular complexity index is 1760. The minimum atomic E-state index is -0.909. The highest BCUT2D eigenvalue weighted by atomic mass is 19.1. The molecule has 47 heavy (non-hydrogen) atoms. The smallest absolute Gasteiger partial charge is 0.267 e. The zero-order valence-electron chi connectivity index (χ0n) is 26.3. The van der Waals surface area contributed by atoms with Crippen LogP contribution in [-0.2, 0) is 14.4 Å². The number of ether oxygens (including phenoxy) is 2. The summed E-state index contributed by atoms with van der Waals surface area (Å²) in [5.41, 5.74) is 2.36. The summed E-state index contributed by atoms with van der Waals surface area (Å²) >= 11 is 0. The molecule has 0 saturated carbocycles. The molecule has 2 unspecified atom stereocenters. The van der Waals surface area contributed by atoms with Crippen LogP contribution in [0.4, 0.5) is 20.2 Å². The third kappa shape index (κ3) is 6.02. The van der Waals surface area contributed by atoms with E-state index in [2.05, 4.69) is 5.32 Å². The molecule has 7 rings (SSSR count). The molecule has 1 aliphatic carbocycles. The first-order chi connectivity index (χ1) is 22.6. The number of hydrogen-bond donors (Lipinski definition) is 1. The minimum Gasteiger partial charge on any atom is -0.485 e. The van der Waals surface area contributed by atoms with E-state index in [1.165, 1.54) is 12.1 Å². The van der Waals surface area contributed by atoms with Crippen LogP contribution < -0.4 is 19.7 Å². The van der Waals surface area contributed by atoms with Crippen molar-refractivity contribution in [2.45, 2.75) is 38.8 Å². The van der Waals surface area contributed by atoms with Crippen LogP contribution in [0.25, 0.3) is 0 Å². The molecule has 2 atom stereocenters. The van der Waals surface area contributed by atoms with E-state index in [0.717, 1.165) is 6.07 Å². The van der Waals surface area contributed by atoms with Gasteiger partial charge in [-0.1, -0.05) is 38.1 Å². The average Bonchev–Trinajstić information content (AvgIpc) is 3.17. The lowest BCUT2D eigenvalue weighted by Crippen LogP contribution is -2.56. The van der Waals surface area contributed by atoms with Gasteiger partial charge >= 0.3 is 0 Å². The van der Waals surface area contributed by atoms with Crippen molar-refractivity contribution in [2.24, 2.45) is 5.41 Å². The second-order valence-electron chi connectivity index (χ2n) is 13.3. The summed E-state index contributed by atoms with van der Waals surface area (Å²) in [5, 5.41) is 3.45. The van der Waals surface area contributed by atoms with Crippen molar-refractivity contribution in [3.05, 3.63) is 95.2 Å². The van der Waals surface area contributed by atoms with E-state index >= 15 is 0 Å². The monoisotopic (exact) mass is 642 g/mol. The maximum absolute atomic E-state index is 14.7. The molecule has 9 nitrogen and oxygen atoms in total. The van der Waals surface area contributed by atoms with Gasteiger partial charge in [0.1, 0.15) is 18.2 Å². The van der Waals surface area contributed by atoms with E-state index < -0.39 is 23.8 Å². The van der Waals surface area contributed by atoms with Gasteiger partial charge < -0.3 is 29.5 Å². The summed E-state index contributed by atoms with van der Waals surface area (Å²) in [5.74, 6) is -0.981. The maximum atomic E-state index is 14.7. The Morgan fingerprint density at radius 3 is 2.30 bits per heavy atom. The maximum Gasteiger partial charge on any atom is 0.267 e. The molecule has 1 fully saturated rings. The Kier molecular flexibility index (Phi) is 7.85. The Hall–Kier alpha value is -4.93. The van der Waals surface area contributed by atoms with Crippen molar-refractivity contribution in [1.82, 2.24) is 9.80 Å². The second-order valence-corrected chi connectivity index (χ2v) is 13.3. The predicted molar refractivity (Wildman–Crippen MR) is 171 cm³/mol. The number of para-hydroxylation sites is 4. The summed E-state index contributed by atoms with van der Waals surface area (Å²) in [7, 11) is 0. The van der Waals surface area contributed by atoms with E-state index in [1.807, 2.05) is 50.2 Å². The molecule has 3 heterocycles. The number of nitrogens with zero attached hydrogens (tertiary/aromatic N) is 3. The van der Waals surface area contributed by atoms with Crippen LogP contribution in [0.1, 0.15) is 38.3 Å². The van der Waals surface area contributed by atoms with Crippen molar-refractivity contribution < 1.29 is 32.6 Å². The van der Waals surface area contributed by atoms with Gasteiger partial charge in [-0.3, -0.25) is 14.4 Å². The quantitative estimate of drug-likeness (QED) is 0.424. The van der Waals surface area contributed by atoms with Crippen molar-refractivity contribution >= 4 is 29.0 Å². The van der Waals surface area contributed by atoms with E-state index in [0.29, 0.717) is 66.7 Å². The number of ketones is 1. The number of Topliss-reactive ketones (excluding diaryl/α,β-unsaturated/α-hetero) is 1. The standard InChI is InChI=1S/C36H36F2N4O5/c1-36(2)18-26-33(28(43)19-36)34(22-15-23(37)17-24(38)16-22)42(27-8-4-3-7-25(27)39-26)20-32(44)40-11-13-41(14-12-40)35(45)31-21-46-29-9-5-6-10-30(29)47-31/h3-10,15-17,31,34,39H,11-14,18-21H2,1-2H3. The van der Waals surface area contributed by atoms with E-state index in [4.69, 9.17) is 9.47 Å². The number of hydrogen-bond acceptors (Lipinski definition) is 7. The van der Waals surface area contributed by atoms with Gasteiger partial charge in [0.2, 0.25) is 12.0 Å². The number of fused-ring (bicyclic) bond motifs is 2. The van der Waals surface area contributed by atoms with E-state index in [-0.39, 0.29) is 48.1 Å². The molecule has 244 valence electrons. The normalized spacial score (nSPS) is 21.8. The second kappa shape index (κ2) is 12.0. The average molecular weight is 643 g/mol. The SMILES string of the molecule is CC1(C)CC(=O)C2=C(C1)Nc1ccccc1N(CC(=O)N1CCN(C(=O)C3COc4ccccc4O3)CC1)C2c1cc(F)cc(F)c1. The zero-order valence-corrected chi connectivity index (χ0v) is 26.3. The summed E-state index contributed by atoms with van der Waals surface area (Å²) in [6.45, 7) is 5.19. The van der Waals surface area contributed by atoms with Crippen LogP contribution in [0.15, 0.2) is 78.0 Å². The molecule has 1 N–H and O–H groups in total. The van der Waals surface area contributed by atoms with Crippen LogP contribution in [-0.4, -0.2) is 72.8 Å². The molecule has 0 aromatic heterocycles. The number of allylic oxidation sites excluding steroid dienone is 1. The molecule has 1 saturated heterocycles. The number of carbonyl (C=O) groups is 3. The van der Waals surface area contributed by atoms with Crippen LogP contribution >= 0.6 is 0 Å². The summed E-state index contributed by atoms with van der Waals surface area (Å²) in [6, 6.07) is 17.0. The fourth-order valence-electron chi connectivity index (χ4n) is 7.07. The Morgan fingerprint density at radius 1 is 0.894 bits per heavy atom. The number of piperazine rings is 1. The number of nitrogens with one attached hydrogen (secondary N) is 1. The summed E-state index contributed by atoms with van der Waals surface area (Å²) in [4.78, 5) is 46.3. The topological polar surface area (TPSA) is 91.4 Å². The molecule has 4 aliphatic rings. The highest BCUT2D eigenvalue weighted by molar-refractivity contribution is 6.02. The van der Waals surface area contributed by atoms with Crippen molar-refractivity contribution in [3.8, 4) is 11.5 Å².